The van der Waals surface area contributed by atoms with Crippen molar-refractivity contribution in [2.75, 3.05) is 0 Å². The van der Waals surface area contributed by atoms with Crippen LogP contribution in [0.2, 0.25) is 0 Å². The molecule has 7 heteroatoms. The molecule has 0 fully saturated rings. The molecule has 0 amide bonds. The summed E-state index contributed by atoms with van der Waals surface area (Å²) in [4.78, 5) is 17.7. The van der Waals surface area contributed by atoms with Crippen LogP contribution in [0.4, 0.5) is 4.39 Å². The smallest absolute Gasteiger partial charge is 0.265 e. The fraction of sp³-hybridized carbons (Fsp3) is 0.150. The van der Waals surface area contributed by atoms with Gasteiger partial charge in [-0.25, -0.2) is 9.37 Å². The van der Waals surface area contributed by atoms with Crippen LogP contribution < -0.4 is 5.56 Å². The van der Waals surface area contributed by atoms with Gasteiger partial charge in [-0.2, -0.15) is 5.10 Å². The Hall–Kier alpha value is -2.93. The van der Waals surface area contributed by atoms with E-state index in [1.54, 1.807) is 28.6 Å². The van der Waals surface area contributed by atoms with Crippen molar-refractivity contribution in [2.45, 2.75) is 17.5 Å². The fourth-order valence-corrected chi connectivity index (χ4v) is 3.82. The molecule has 0 radical (unpaired) electrons. The van der Waals surface area contributed by atoms with Crippen LogP contribution in [-0.4, -0.2) is 19.3 Å². The minimum Gasteiger partial charge on any atom is -0.282 e. The molecule has 4 aromatic rings. The summed E-state index contributed by atoms with van der Waals surface area (Å²) in [5, 5.41) is 5.23. The normalized spacial score (nSPS) is 11.2. The van der Waals surface area contributed by atoms with E-state index in [2.05, 4.69) is 10.1 Å². The quantitative estimate of drug-likeness (QED) is 0.392. The molecule has 0 atom stereocenters. The van der Waals surface area contributed by atoms with Gasteiger partial charge in [0.2, 0.25) is 0 Å². The Kier molecular flexibility index (Phi) is 4.77. The number of rotatable bonds is 5. The minimum absolute atomic E-state index is 0.126. The second kappa shape index (κ2) is 7.36. The maximum absolute atomic E-state index is 13.5. The molecule has 0 aliphatic rings. The average molecular weight is 380 g/mol. The first-order valence-corrected chi connectivity index (χ1v) is 9.44. The highest BCUT2D eigenvalue weighted by Gasteiger charge is 2.15. The Labute approximate surface area is 159 Å². The third-order valence-corrected chi connectivity index (χ3v) is 5.30. The third-order valence-electron chi connectivity index (χ3n) is 4.26. The molecule has 0 unspecified atom stereocenters. The van der Waals surface area contributed by atoms with E-state index in [1.807, 2.05) is 36.4 Å². The summed E-state index contributed by atoms with van der Waals surface area (Å²) >= 11 is 1.41. The van der Waals surface area contributed by atoms with Crippen molar-refractivity contribution in [1.29, 1.82) is 0 Å². The lowest BCUT2D eigenvalue weighted by Crippen LogP contribution is -2.24. The van der Waals surface area contributed by atoms with Crippen LogP contribution in [0.15, 0.2) is 70.7 Å². The van der Waals surface area contributed by atoms with Crippen LogP contribution in [0.25, 0.3) is 11.0 Å². The van der Waals surface area contributed by atoms with Crippen molar-refractivity contribution >= 4 is 22.8 Å². The molecule has 5 nitrogen and oxygen atoms in total. The van der Waals surface area contributed by atoms with E-state index in [1.165, 1.54) is 23.9 Å². The molecule has 136 valence electrons. The van der Waals surface area contributed by atoms with Crippen molar-refractivity contribution in [2.24, 2.45) is 7.05 Å². The van der Waals surface area contributed by atoms with Gasteiger partial charge in [0.05, 0.1) is 12.7 Å². The number of nitrogens with zero attached hydrogens (tertiary/aromatic N) is 4. The number of hydrogen-bond acceptors (Lipinski definition) is 4. The van der Waals surface area contributed by atoms with Crippen molar-refractivity contribution in [3.8, 4) is 0 Å². The molecule has 4 rings (SSSR count). The molecule has 0 saturated heterocycles. The topological polar surface area (TPSA) is 52.7 Å². The molecular formula is C20H17FN4OS. The summed E-state index contributed by atoms with van der Waals surface area (Å²) in [6, 6.07) is 16.2. The zero-order valence-electron chi connectivity index (χ0n) is 14.7. The van der Waals surface area contributed by atoms with Gasteiger partial charge >= 0.3 is 0 Å². The van der Waals surface area contributed by atoms with Crippen LogP contribution in [0.3, 0.4) is 0 Å². The summed E-state index contributed by atoms with van der Waals surface area (Å²) in [6.45, 7) is 0.420. The zero-order chi connectivity index (χ0) is 18.8. The lowest BCUT2D eigenvalue weighted by molar-refractivity contribution is 0.626. The molecule has 0 saturated carbocycles. The summed E-state index contributed by atoms with van der Waals surface area (Å²) in [5.41, 5.74) is 2.27. The van der Waals surface area contributed by atoms with Crippen LogP contribution in [-0.2, 0) is 19.3 Å². The number of aromatic nitrogens is 4. The van der Waals surface area contributed by atoms with Gasteiger partial charge in [-0.15, -0.1) is 0 Å². The van der Waals surface area contributed by atoms with E-state index in [4.69, 9.17) is 0 Å². The summed E-state index contributed by atoms with van der Waals surface area (Å²) in [6.07, 6.45) is 1.55. The van der Waals surface area contributed by atoms with Crippen LogP contribution in [0.1, 0.15) is 11.1 Å². The van der Waals surface area contributed by atoms with Crippen molar-refractivity contribution in [1.82, 2.24) is 19.3 Å². The molecule has 2 aromatic heterocycles. The van der Waals surface area contributed by atoms with Crippen LogP contribution in [0.5, 0.6) is 0 Å². The zero-order valence-corrected chi connectivity index (χ0v) is 15.5. The van der Waals surface area contributed by atoms with E-state index in [0.29, 0.717) is 28.5 Å². The predicted octanol–water partition coefficient (Wildman–Crippen LogP) is 3.61. The Balaban J connectivity index is 1.75. The molecule has 27 heavy (non-hydrogen) atoms. The minimum atomic E-state index is -0.273. The summed E-state index contributed by atoms with van der Waals surface area (Å²) in [7, 11) is 1.76. The third kappa shape index (κ3) is 3.64. The highest BCUT2D eigenvalue weighted by atomic mass is 32.2. The molecule has 2 aromatic carbocycles. The molecule has 2 heterocycles. The maximum atomic E-state index is 13.5. The van der Waals surface area contributed by atoms with Crippen LogP contribution >= 0.6 is 11.8 Å². The van der Waals surface area contributed by atoms with Gasteiger partial charge in [-0.05, 0) is 23.3 Å². The molecule has 0 spiro atoms. The first-order valence-electron chi connectivity index (χ1n) is 8.45. The molecular weight excluding hydrogens is 363 g/mol. The fourth-order valence-electron chi connectivity index (χ4n) is 2.89. The van der Waals surface area contributed by atoms with E-state index >= 15 is 0 Å². The Morgan fingerprint density at radius 1 is 1.07 bits per heavy atom. The standard InChI is InChI=1S/C20H17FN4OS/c1-24-18-17(11-22-24)19(26)25(12-14-6-3-2-4-7-14)20(23-18)27-13-15-8-5-9-16(21)10-15/h2-11H,12-13H2,1H3. The maximum Gasteiger partial charge on any atom is 0.265 e. The average Bonchev–Trinajstić information content (AvgIpc) is 3.04. The van der Waals surface area contributed by atoms with E-state index < -0.39 is 0 Å². The second-order valence-electron chi connectivity index (χ2n) is 6.20. The number of benzene rings is 2. The number of thioether (sulfide) groups is 1. The van der Waals surface area contributed by atoms with Gasteiger partial charge in [0.1, 0.15) is 11.2 Å². The number of aryl methyl sites for hydroxylation is 1. The van der Waals surface area contributed by atoms with Gasteiger partial charge in [-0.3, -0.25) is 14.0 Å². The summed E-state index contributed by atoms with van der Waals surface area (Å²) in [5.74, 6) is 0.243. The first-order chi connectivity index (χ1) is 13.1. The van der Waals surface area contributed by atoms with E-state index in [9.17, 15) is 9.18 Å². The monoisotopic (exact) mass is 380 g/mol. The van der Waals surface area contributed by atoms with Crippen molar-refractivity contribution in [3.05, 3.63) is 88.1 Å². The lowest BCUT2D eigenvalue weighted by Gasteiger charge is -2.12. The second-order valence-corrected chi connectivity index (χ2v) is 7.14. The molecule has 0 bridgehead atoms. The Morgan fingerprint density at radius 3 is 2.63 bits per heavy atom. The van der Waals surface area contributed by atoms with Gasteiger partial charge in [0, 0.05) is 12.8 Å². The Morgan fingerprint density at radius 2 is 1.85 bits per heavy atom. The largest absolute Gasteiger partial charge is 0.282 e. The van der Waals surface area contributed by atoms with E-state index in [0.717, 1.165) is 11.1 Å². The van der Waals surface area contributed by atoms with Crippen molar-refractivity contribution < 1.29 is 4.39 Å². The van der Waals surface area contributed by atoms with Crippen LogP contribution in [0, 0.1) is 5.82 Å². The van der Waals surface area contributed by atoms with Gasteiger partial charge in [-0.1, -0.05) is 54.2 Å². The highest BCUT2D eigenvalue weighted by molar-refractivity contribution is 7.98. The molecule has 0 aliphatic carbocycles. The highest BCUT2D eigenvalue weighted by Crippen LogP contribution is 2.23. The van der Waals surface area contributed by atoms with E-state index in [-0.39, 0.29) is 11.4 Å². The first kappa shape index (κ1) is 17.5. The van der Waals surface area contributed by atoms with Gasteiger partial charge in [0.25, 0.3) is 5.56 Å². The summed E-state index contributed by atoms with van der Waals surface area (Å²) < 4.78 is 16.7. The number of halogens is 1. The molecule has 0 N–H and O–H groups in total. The van der Waals surface area contributed by atoms with Crippen molar-refractivity contribution in [3.63, 3.8) is 0 Å². The predicted molar refractivity (Wildman–Crippen MR) is 104 cm³/mol. The number of fused-ring (bicyclic) bond motifs is 1. The molecule has 0 aliphatic heterocycles. The number of hydrogen-bond donors (Lipinski definition) is 0. The lowest BCUT2D eigenvalue weighted by atomic mass is 10.2. The SMILES string of the molecule is Cn1ncc2c(=O)n(Cc3ccccc3)c(SCc3cccc(F)c3)nc21. The van der Waals surface area contributed by atoms with Gasteiger partial charge < -0.3 is 0 Å². The Bertz CT molecular complexity index is 1150. The van der Waals surface area contributed by atoms with Gasteiger partial charge in [0.15, 0.2) is 10.8 Å².